The summed E-state index contributed by atoms with van der Waals surface area (Å²) in [5, 5.41) is 9.03. The van der Waals surface area contributed by atoms with E-state index in [2.05, 4.69) is 0 Å². The summed E-state index contributed by atoms with van der Waals surface area (Å²) in [5.41, 5.74) is 0. The summed E-state index contributed by atoms with van der Waals surface area (Å²) < 4.78 is 27.2. The Hall–Kier alpha value is -1.22. The highest BCUT2D eigenvalue weighted by Gasteiger charge is 2.42. The van der Waals surface area contributed by atoms with Crippen LogP contribution in [0.15, 0.2) is 0 Å². The minimum atomic E-state index is -0.695. The van der Waals surface area contributed by atoms with E-state index in [1.54, 1.807) is 6.92 Å². The van der Waals surface area contributed by atoms with Gasteiger partial charge in [0.1, 0.15) is 6.10 Å². The first kappa shape index (κ1) is 19.8. The Morgan fingerprint density at radius 3 is 2.43 bits per heavy atom. The standard InChI is InChI=1S/C15H26O8/c1-5-19-13(6-7-16)23-14-8-12(21-10(3)17)15(9(2)20-14)22-11(4)18/h9,12-16H,5-8H2,1-4H3/t9-,12-,13?,14+,15-/m0/s1. The maximum atomic E-state index is 11.3. The van der Waals surface area contributed by atoms with Crippen molar-refractivity contribution in [2.45, 2.75) is 71.4 Å². The Morgan fingerprint density at radius 2 is 1.91 bits per heavy atom. The molecule has 0 radical (unpaired) electrons. The zero-order valence-corrected chi connectivity index (χ0v) is 14.0. The van der Waals surface area contributed by atoms with Crippen molar-refractivity contribution in [3.05, 3.63) is 0 Å². The number of aliphatic hydroxyl groups excluding tert-OH is 1. The van der Waals surface area contributed by atoms with Crippen LogP contribution in [-0.4, -0.2) is 61.2 Å². The molecule has 0 spiro atoms. The van der Waals surface area contributed by atoms with Gasteiger partial charge in [-0.3, -0.25) is 9.59 Å². The third-order valence-electron chi connectivity index (χ3n) is 3.26. The predicted molar refractivity (Wildman–Crippen MR) is 78.3 cm³/mol. The molecule has 0 aromatic carbocycles. The highest BCUT2D eigenvalue weighted by molar-refractivity contribution is 5.67. The van der Waals surface area contributed by atoms with E-state index in [0.717, 1.165) is 0 Å². The average molecular weight is 334 g/mol. The van der Waals surface area contributed by atoms with Crippen LogP contribution in [0.4, 0.5) is 0 Å². The van der Waals surface area contributed by atoms with Gasteiger partial charge in [-0.1, -0.05) is 0 Å². The van der Waals surface area contributed by atoms with Crippen LogP contribution in [0.2, 0.25) is 0 Å². The van der Waals surface area contributed by atoms with Crippen molar-refractivity contribution in [3.8, 4) is 0 Å². The van der Waals surface area contributed by atoms with Crippen LogP contribution in [0.1, 0.15) is 40.5 Å². The molecule has 0 bridgehead atoms. The Kier molecular flexibility index (Phi) is 8.46. The zero-order chi connectivity index (χ0) is 17.4. The summed E-state index contributed by atoms with van der Waals surface area (Å²) in [6.45, 7) is 6.44. The molecule has 1 aliphatic heterocycles. The molecule has 134 valence electrons. The van der Waals surface area contributed by atoms with Gasteiger partial charge in [-0.25, -0.2) is 0 Å². The first-order valence-corrected chi connectivity index (χ1v) is 7.75. The fourth-order valence-corrected chi connectivity index (χ4v) is 2.43. The summed E-state index contributed by atoms with van der Waals surface area (Å²) in [6.07, 6.45) is -2.68. The lowest BCUT2D eigenvalue weighted by atomic mass is 10.0. The summed E-state index contributed by atoms with van der Waals surface area (Å²) in [7, 11) is 0. The van der Waals surface area contributed by atoms with E-state index in [9.17, 15) is 9.59 Å². The number of aliphatic hydroxyl groups is 1. The molecule has 1 N–H and O–H groups in total. The van der Waals surface area contributed by atoms with Crippen molar-refractivity contribution in [1.29, 1.82) is 0 Å². The van der Waals surface area contributed by atoms with E-state index in [-0.39, 0.29) is 13.0 Å². The molecule has 1 unspecified atom stereocenters. The van der Waals surface area contributed by atoms with Crippen molar-refractivity contribution >= 4 is 11.9 Å². The molecule has 8 nitrogen and oxygen atoms in total. The highest BCUT2D eigenvalue weighted by atomic mass is 16.8. The van der Waals surface area contributed by atoms with Crippen LogP contribution in [0.25, 0.3) is 0 Å². The van der Waals surface area contributed by atoms with E-state index in [0.29, 0.717) is 13.0 Å². The molecule has 1 aliphatic rings. The lowest BCUT2D eigenvalue weighted by Gasteiger charge is -2.39. The number of rotatable bonds is 8. The molecule has 0 aromatic rings. The van der Waals surface area contributed by atoms with E-state index in [4.69, 9.17) is 28.8 Å². The second-order valence-corrected chi connectivity index (χ2v) is 5.26. The Balaban J connectivity index is 2.74. The van der Waals surface area contributed by atoms with Gasteiger partial charge in [-0.15, -0.1) is 0 Å². The lowest BCUT2D eigenvalue weighted by molar-refractivity contribution is -0.300. The largest absolute Gasteiger partial charge is 0.458 e. The molecule has 1 fully saturated rings. The Bertz CT molecular complexity index is 380. The summed E-state index contributed by atoms with van der Waals surface area (Å²) >= 11 is 0. The molecule has 0 saturated carbocycles. The van der Waals surface area contributed by atoms with Gasteiger partial charge in [0.05, 0.1) is 6.10 Å². The predicted octanol–water partition coefficient (Wildman–Crippen LogP) is 0.746. The van der Waals surface area contributed by atoms with Gasteiger partial charge >= 0.3 is 11.9 Å². The fourth-order valence-electron chi connectivity index (χ4n) is 2.43. The maximum Gasteiger partial charge on any atom is 0.303 e. The molecule has 1 heterocycles. The summed E-state index contributed by atoms with van der Waals surface area (Å²) in [5.74, 6) is -0.953. The second kappa shape index (κ2) is 9.82. The SMILES string of the molecule is CCOC(CCO)O[C@@H]1C[C@H](OC(C)=O)[C@@H](OC(C)=O)[C@H](C)O1. The van der Waals surface area contributed by atoms with E-state index in [1.807, 2.05) is 6.92 Å². The first-order valence-electron chi connectivity index (χ1n) is 7.75. The molecular formula is C15H26O8. The number of carbonyl (C=O) groups is 2. The monoisotopic (exact) mass is 334 g/mol. The van der Waals surface area contributed by atoms with Crippen molar-refractivity contribution < 1.29 is 38.4 Å². The minimum Gasteiger partial charge on any atom is -0.458 e. The molecule has 5 atom stereocenters. The molecule has 1 rings (SSSR count). The van der Waals surface area contributed by atoms with Crippen molar-refractivity contribution in [3.63, 3.8) is 0 Å². The van der Waals surface area contributed by atoms with Gasteiger partial charge in [-0.05, 0) is 13.8 Å². The lowest BCUT2D eigenvalue weighted by Crippen LogP contribution is -2.52. The number of esters is 2. The molecule has 0 amide bonds. The van der Waals surface area contributed by atoms with E-state index < -0.39 is 42.8 Å². The van der Waals surface area contributed by atoms with Crippen molar-refractivity contribution in [2.75, 3.05) is 13.2 Å². The average Bonchev–Trinajstić information content (AvgIpc) is 2.42. The van der Waals surface area contributed by atoms with Crippen LogP contribution in [0, 0.1) is 0 Å². The molecule has 1 saturated heterocycles. The van der Waals surface area contributed by atoms with Gasteiger partial charge in [-0.2, -0.15) is 0 Å². The van der Waals surface area contributed by atoms with Gasteiger partial charge in [0.25, 0.3) is 0 Å². The number of hydrogen-bond donors (Lipinski definition) is 1. The second-order valence-electron chi connectivity index (χ2n) is 5.26. The molecule has 0 aliphatic carbocycles. The third-order valence-corrected chi connectivity index (χ3v) is 3.26. The minimum absolute atomic E-state index is 0.0869. The van der Waals surface area contributed by atoms with Gasteiger partial charge < -0.3 is 28.8 Å². The van der Waals surface area contributed by atoms with Crippen LogP contribution < -0.4 is 0 Å². The van der Waals surface area contributed by atoms with E-state index in [1.165, 1.54) is 13.8 Å². The molecular weight excluding hydrogens is 308 g/mol. The number of ether oxygens (including phenoxy) is 5. The number of carbonyl (C=O) groups excluding carboxylic acids is 2. The van der Waals surface area contributed by atoms with Crippen molar-refractivity contribution in [2.24, 2.45) is 0 Å². The van der Waals surface area contributed by atoms with Crippen LogP contribution in [0.5, 0.6) is 0 Å². The zero-order valence-electron chi connectivity index (χ0n) is 14.0. The molecule has 8 heteroatoms. The van der Waals surface area contributed by atoms with Gasteiger partial charge in [0, 0.05) is 39.9 Å². The molecule has 23 heavy (non-hydrogen) atoms. The first-order chi connectivity index (χ1) is 10.9. The topological polar surface area (TPSA) is 101 Å². The quantitative estimate of drug-likeness (QED) is 0.512. The van der Waals surface area contributed by atoms with Crippen LogP contribution >= 0.6 is 0 Å². The smallest absolute Gasteiger partial charge is 0.303 e. The maximum absolute atomic E-state index is 11.3. The van der Waals surface area contributed by atoms with Crippen molar-refractivity contribution in [1.82, 2.24) is 0 Å². The summed E-state index contributed by atoms with van der Waals surface area (Å²) in [4.78, 5) is 22.5. The third kappa shape index (κ3) is 6.82. The van der Waals surface area contributed by atoms with Gasteiger partial charge in [0.15, 0.2) is 18.7 Å². The van der Waals surface area contributed by atoms with Crippen LogP contribution in [0.3, 0.4) is 0 Å². The molecule has 0 aromatic heterocycles. The number of hydrogen-bond acceptors (Lipinski definition) is 8. The highest BCUT2D eigenvalue weighted by Crippen LogP contribution is 2.27. The van der Waals surface area contributed by atoms with Crippen LogP contribution in [-0.2, 0) is 33.3 Å². The fraction of sp³-hybridized carbons (Fsp3) is 0.867. The normalized spacial score (nSPS) is 28.9. The van der Waals surface area contributed by atoms with E-state index >= 15 is 0 Å². The summed E-state index contributed by atoms with van der Waals surface area (Å²) in [6, 6.07) is 0. The Morgan fingerprint density at radius 1 is 1.26 bits per heavy atom. The Labute approximate surface area is 136 Å². The van der Waals surface area contributed by atoms with Gasteiger partial charge in [0.2, 0.25) is 0 Å².